The van der Waals surface area contributed by atoms with Crippen molar-refractivity contribution in [3.05, 3.63) is 22.4 Å². The molecule has 2 unspecified atom stereocenters. The van der Waals surface area contributed by atoms with Gasteiger partial charge in [-0.25, -0.2) is 0 Å². The van der Waals surface area contributed by atoms with Crippen molar-refractivity contribution in [1.29, 1.82) is 0 Å². The van der Waals surface area contributed by atoms with Gasteiger partial charge in [0.15, 0.2) is 0 Å². The van der Waals surface area contributed by atoms with E-state index in [0.29, 0.717) is 24.0 Å². The number of rotatable bonds is 4. The maximum atomic E-state index is 5.85. The first kappa shape index (κ1) is 12.1. The average molecular weight is 238 g/mol. The number of nitrogens with one attached hydrogen (secondary N) is 1. The van der Waals surface area contributed by atoms with Crippen LogP contribution in [0.1, 0.15) is 44.7 Å². The Morgan fingerprint density at radius 2 is 2.44 bits per heavy atom. The van der Waals surface area contributed by atoms with Crippen LogP contribution < -0.4 is 11.1 Å². The molecule has 3 heteroatoms. The first-order valence-electron chi connectivity index (χ1n) is 6.09. The first-order chi connectivity index (χ1) is 7.61. The molecule has 0 saturated heterocycles. The van der Waals surface area contributed by atoms with E-state index in [-0.39, 0.29) is 0 Å². The highest BCUT2D eigenvalue weighted by atomic mass is 32.1. The summed E-state index contributed by atoms with van der Waals surface area (Å²) in [6.45, 7) is 5.40. The highest BCUT2D eigenvalue weighted by Crippen LogP contribution is 2.37. The first-order valence-corrected chi connectivity index (χ1v) is 7.03. The fourth-order valence-corrected chi connectivity index (χ4v) is 3.35. The molecule has 0 bridgehead atoms. The second kappa shape index (κ2) is 4.86. The molecule has 1 aromatic heterocycles. The summed E-state index contributed by atoms with van der Waals surface area (Å²) in [6, 6.07) is 3.16. The molecule has 1 saturated carbocycles. The van der Waals surface area contributed by atoms with Crippen LogP contribution >= 0.6 is 11.3 Å². The lowest BCUT2D eigenvalue weighted by Gasteiger charge is -2.23. The molecule has 3 N–H and O–H groups in total. The largest absolute Gasteiger partial charge is 0.329 e. The number of hydrogen-bond donors (Lipinski definition) is 2. The lowest BCUT2D eigenvalue weighted by Crippen LogP contribution is -2.35. The van der Waals surface area contributed by atoms with Gasteiger partial charge in [-0.1, -0.05) is 13.8 Å². The molecule has 0 amide bonds. The van der Waals surface area contributed by atoms with E-state index in [1.807, 2.05) is 0 Å². The van der Waals surface area contributed by atoms with E-state index in [4.69, 9.17) is 5.73 Å². The third kappa shape index (κ3) is 2.84. The zero-order valence-corrected chi connectivity index (χ0v) is 11.0. The predicted octanol–water partition coefficient (Wildman–Crippen LogP) is 2.92. The van der Waals surface area contributed by atoms with Crippen molar-refractivity contribution in [2.24, 2.45) is 11.1 Å². The minimum Gasteiger partial charge on any atom is -0.329 e. The van der Waals surface area contributed by atoms with Crippen molar-refractivity contribution in [2.75, 3.05) is 6.54 Å². The molecule has 0 aromatic carbocycles. The topological polar surface area (TPSA) is 38.0 Å². The van der Waals surface area contributed by atoms with Crippen LogP contribution in [0.5, 0.6) is 0 Å². The highest BCUT2D eigenvalue weighted by molar-refractivity contribution is 7.07. The van der Waals surface area contributed by atoms with Gasteiger partial charge in [-0.3, -0.25) is 0 Å². The maximum Gasteiger partial charge on any atom is 0.0454 e. The molecule has 1 aliphatic rings. The Hall–Kier alpha value is -0.380. The van der Waals surface area contributed by atoms with Crippen LogP contribution in [0.3, 0.4) is 0 Å². The molecule has 2 rings (SSSR count). The standard InChI is InChI=1S/C13H22N2S/c1-13(2)5-3-11(7-13)15-12(8-14)10-4-6-16-9-10/h4,6,9,11-12,15H,3,5,7-8,14H2,1-2H3. The van der Waals surface area contributed by atoms with Crippen LogP contribution in [0.4, 0.5) is 0 Å². The molecular formula is C13H22N2S. The smallest absolute Gasteiger partial charge is 0.0454 e. The highest BCUT2D eigenvalue weighted by Gasteiger charge is 2.31. The number of thiophene rings is 1. The lowest BCUT2D eigenvalue weighted by atomic mass is 9.91. The molecule has 2 nitrogen and oxygen atoms in total. The van der Waals surface area contributed by atoms with Crippen LogP contribution in [0.25, 0.3) is 0 Å². The Morgan fingerprint density at radius 3 is 2.94 bits per heavy atom. The van der Waals surface area contributed by atoms with Crippen molar-refractivity contribution in [3.63, 3.8) is 0 Å². The molecule has 0 radical (unpaired) electrons. The third-order valence-corrected chi connectivity index (χ3v) is 4.29. The van der Waals surface area contributed by atoms with E-state index in [2.05, 4.69) is 36.0 Å². The van der Waals surface area contributed by atoms with Crippen LogP contribution in [0.2, 0.25) is 0 Å². The summed E-state index contributed by atoms with van der Waals surface area (Å²) < 4.78 is 0. The predicted molar refractivity (Wildman–Crippen MR) is 70.7 cm³/mol. The van der Waals surface area contributed by atoms with Gasteiger partial charge in [0.05, 0.1) is 0 Å². The molecule has 90 valence electrons. The molecule has 1 aliphatic carbocycles. The van der Waals surface area contributed by atoms with E-state index in [1.54, 1.807) is 11.3 Å². The van der Waals surface area contributed by atoms with Crippen LogP contribution in [0.15, 0.2) is 16.8 Å². The Morgan fingerprint density at radius 1 is 1.62 bits per heavy atom. The Kier molecular flexibility index (Phi) is 3.67. The zero-order valence-electron chi connectivity index (χ0n) is 10.2. The van der Waals surface area contributed by atoms with Gasteiger partial charge < -0.3 is 11.1 Å². The summed E-state index contributed by atoms with van der Waals surface area (Å²) in [7, 11) is 0. The van der Waals surface area contributed by atoms with E-state index in [1.165, 1.54) is 24.8 Å². The summed E-state index contributed by atoms with van der Waals surface area (Å²) >= 11 is 1.75. The van der Waals surface area contributed by atoms with E-state index < -0.39 is 0 Å². The van der Waals surface area contributed by atoms with Gasteiger partial charge in [0.2, 0.25) is 0 Å². The van der Waals surface area contributed by atoms with Crippen molar-refractivity contribution in [3.8, 4) is 0 Å². The van der Waals surface area contributed by atoms with Crippen molar-refractivity contribution >= 4 is 11.3 Å². The van der Waals surface area contributed by atoms with E-state index >= 15 is 0 Å². The van der Waals surface area contributed by atoms with Gasteiger partial charge in [-0.05, 0) is 47.1 Å². The zero-order chi connectivity index (χ0) is 11.6. The summed E-state index contributed by atoms with van der Waals surface area (Å²) in [5.41, 5.74) is 7.70. The van der Waals surface area contributed by atoms with Gasteiger partial charge >= 0.3 is 0 Å². The summed E-state index contributed by atoms with van der Waals surface area (Å²) in [6.07, 6.45) is 3.88. The molecule has 0 spiro atoms. The Balaban J connectivity index is 1.93. The minimum atomic E-state index is 0.338. The maximum absolute atomic E-state index is 5.85. The molecule has 2 atom stereocenters. The van der Waals surface area contributed by atoms with Gasteiger partial charge in [0, 0.05) is 18.6 Å². The molecule has 0 aliphatic heterocycles. The SMILES string of the molecule is CC1(C)CCC(NC(CN)c2ccsc2)C1. The van der Waals surface area contributed by atoms with Gasteiger partial charge in [0.1, 0.15) is 0 Å². The summed E-state index contributed by atoms with van der Waals surface area (Å²) in [4.78, 5) is 0. The molecule has 1 fully saturated rings. The van der Waals surface area contributed by atoms with Crippen LogP contribution in [-0.2, 0) is 0 Å². The van der Waals surface area contributed by atoms with Crippen molar-refractivity contribution in [1.82, 2.24) is 5.32 Å². The van der Waals surface area contributed by atoms with E-state index in [0.717, 1.165) is 0 Å². The van der Waals surface area contributed by atoms with Crippen LogP contribution in [0, 0.1) is 5.41 Å². The lowest BCUT2D eigenvalue weighted by molar-refractivity contribution is 0.353. The van der Waals surface area contributed by atoms with Crippen LogP contribution in [-0.4, -0.2) is 12.6 Å². The van der Waals surface area contributed by atoms with Crippen molar-refractivity contribution in [2.45, 2.75) is 45.2 Å². The average Bonchev–Trinajstić information content (AvgIpc) is 2.84. The van der Waals surface area contributed by atoms with Gasteiger partial charge in [-0.2, -0.15) is 11.3 Å². The fourth-order valence-electron chi connectivity index (χ4n) is 2.64. The molecule has 16 heavy (non-hydrogen) atoms. The number of nitrogens with two attached hydrogens (primary N) is 1. The number of hydrogen-bond acceptors (Lipinski definition) is 3. The minimum absolute atomic E-state index is 0.338. The van der Waals surface area contributed by atoms with Crippen molar-refractivity contribution < 1.29 is 0 Å². The molecular weight excluding hydrogens is 216 g/mol. The van der Waals surface area contributed by atoms with Gasteiger partial charge in [0.25, 0.3) is 0 Å². The van der Waals surface area contributed by atoms with Gasteiger partial charge in [-0.15, -0.1) is 0 Å². The molecule has 1 aromatic rings. The fraction of sp³-hybridized carbons (Fsp3) is 0.692. The Bertz CT molecular complexity index is 319. The monoisotopic (exact) mass is 238 g/mol. The molecule has 1 heterocycles. The summed E-state index contributed by atoms with van der Waals surface area (Å²) in [5, 5.41) is 8.03. The normalized spacial score (nSPS) is 25.8. The second-order valence-corrected chi connectivity index (χ2v) is 6.40. The summed E-state index contributed by atoms with van der Waals surface area (Å²) in [5.74, 6) is 0. The second-order valence-electron chi connectivity index (χ2n) is 5.62. The Labute approximate surface area is 102 Å². The van der Waals surface area contributed by atoms with E-state index in [9.17, 15) is 0 Å². The third-order valence-electron chi connectivity index (χ3n) is 3.59. The quantitative estimate of drug-likeness (QED) is 0.846.